The minimum Gasteiger partial charge on any atom is -0.480 e. The van der Waals surface area contributed by atoms with E-state index >= 15 is 0 Å². The molecule has 0 aliphatic rings. The van der Waals surface area contributed by atoms with Gasteiger partial charge < -0.3 is 9.84 Å². The molecule has 2 rings (SSSR count). The molecule has 0 spiro atoms. The fourth-order valence-corrected chi connectivity index (χ4v) is 2.27. The summed E-state index contributed by atoms with van der Waals surface area (Å²) < 4.78 is 7.51. The van der Waals surface area contributed by atoms with E-state index in [1.807, 2.05) is 0 Å². The Bertz CT molecular complexity index is 671. The summed E-state index contributed by atoms with van der Waals surface area (Å²) in [6, 6.07) is 2.92. The number of aliphatic hydroxyl groups is 1. The van der Waals surface area contributed by atoms with Crippen LogP contribution in [-0.4, -0.2) is 25.0 Å². The molecule has 1 atom stereocenters. The first-order valence-corrected chi connectivity index (χ1v) is 6.81. The molecule has 1 aromatic heterocycles. The number of aryl methyl sites for hydroxylation is 1. The number of rotatable bonds is 5. The first-order valence-electron chi connectivity index (χ1n) is 6.02. The molecule has 2 aromatic rings. The first-order chi connectivity index (χ1) is 9.88. The molecule has 1 N–H and O–H groups in total. The molecular formula is C12H13BrN4O4. The van der Waals surface area contributed by atoms with Crippen LogP contribution in [0.5, 0.6) is 5.75 Å². The van der Waals surface area contributed by atoms with Gasteiger partial charge >= 0.3 is 5.69 Å². The molecule has 8 nitrogen and oxygen atoms in total. The predicted octanol–water partition coefficient (Wildman–Crippen LogP) is 2.12. The van der Waals surface area contributed by atoms with Gasteiger partial charge in [-0.3, -0.25) is 14.8 Å². The lowest BCUT2D eigenvalue weighted by atomic mass is 10.1. The summed E-state index contributed by atoms with van der Waals surface area (Å²) in [5.41, 5.74) is 0.649. The van der Waals surface area contributed by atoms with Crippen molar-refractivity contribution in [1.82, 2.24) is 15.0 Å². The minimum atomic E-state index is -0.905. The molecule has 0 aliphatic carbocycles. The highest BCUT2D eigenvalue weighted by molar-refractivity contribution is 9.10. The maximum absolute atomic E-state index is 11.2. The quantitative estimate of drug-likeness (QED) is 0.649. The Morgan fingerprint density at radius 2 is 2.29 bits per heavy atom. The fourth-order valence-electron chi connectivity index (χ4n) is 1.81. The highest BCUT2D eigenvalue weighted by Crippen LogP contribution is 2.38. The van der Waals surface area contributed by atoms with E-state index in [4.69, 9.17) is 4.74 Å². The number of ether oxygens (including phenoxy) is 1. The molecule has 0 fully saturated rings. The van der Waals surface area contributed by atoms with Crippen molar-refractivity contribution in [3.63, 3.8) is 0 Å². The van der Waals surface area contributed by atoms with Crippen molar-refractivity contribution < 1.29 is 14.8 Å². The average molecular weight is 357 g/mol. The van der Waals surface area contributed by atoms with Gasteiger partial charge in [0.05, 0.1) is 17.2 Å². The summed E-state index contributed by atoms with van der Waals surface area (Å²) in [6.07, 6.45) is 0.741. The van der Waals surface area contributed by atoms with Crippen LogP contribution in [0.1, 0.15) is 24.3 Å². The van der Waals surface area contributed by atoms with Gasteiger partial charge in [0.2, 0.25) is 5.75 Å². The molecule has 0 unspecified atom stereocenters. The number of benzene rings is 1. The number of nitro groups is 1. The summed E-state index contributed by atoms with van der Waals surface area (Å²) in [4.78, 5) is 10.6. The van der Waals surface area contributed by atoms with Crippen molar-refractivity contribution in [3.05, 3.63) is 44.2 Å². The van der Waals surface area contributed by atoms with Crippen molar-refractivity contribution in [1.29, 1.82) is 0 Å². The largest absolute Gasteiger partial charge is 0.480 e. The Morgan fingerprint density at radius 1 is 1.57 bits per heavy atom. The van der Waals surface area contributed by atoms with Gasteiger partial charge in [0, 0.05) is 23.2 Å². The average Bonchev–Trinajstić information content (AvgIpc) is 2.81. The molecule has 1 heterocycles. The minimum absolute atomic E-state index is 0.0238. The zero-order chi connectivity index (χ0) is 15.6. The van der Waals surface area contributed by atoms with Gasteiger partial charge in [-0.15, -0.1) is 5.10 Å². The third kappa shape index (κ3) is 3.56. The van der Waals surface area contributed by atoms with Crippen molar-refractivity contribution in [2.24, 2.45) is 7.05 Å². The van der Waals surface area contributed by atoms with Crippen LogP contribution in [0.25, 0.3) is 0 Å². The van der Waals surface area contributed by atoms with E-state index < -0.39 is 11.0 Å². The summed E-state index contributed by atoms with van der Waals surface area (Å²) in [7, 11) is 1.71. The van der Waals surface area contributed by atoms with Gasteiger partial charge in [-0.05, 0) is 13.0 Å². The Balaban J connectivity index is 2.37. The lowest BCUT2D eigenvalue weighted by Crippen LogP contribution is -2.05. The number of nitrogens with zero attached hydrogens (tertiary/aromatic N) is 4. The van der Waals surface area contributed by atoms with E-state index in [0.717, 1.165) is 0 Å². The molecule has 0 saturated heterocycles. The van der Waals surface area contributed by atoms with E-state index in [1.54, 1.807) is 19.3 Å². The normalized spacial score (nSPS) is 12.2. The lowest BCUT2D eigenvalue weighted by Gasteiger charge is -2.13. The Labute approximate surface area is 128 Å². The highest BCUT2D eigenvalue weighted by Gasteiger charge is 2.23. The summed E-state index contributed by atoms with van der Waals surface area (Å²) in [6.45, 7) is 1.54. The zero-order valence-corrected chi connectivity index (χ0v) is 12.9. The second-order valence-corrected chi connectivity index (χ2v) is 5.36. The summed E-state index contributed by atoms with van der Waals surface area (Å²) >= 11 is 3.19. The maximum Gasteiger partial charge on any atom is 0.312 e. The Morgan fingerprint density at radius 3 is 2.81 bits per heavy atom. The molecule has 9 heteroatoms. The molecule has 0 saturated carbocycles. The van der Waals surface area contributed by atoms with Crippen molar-refractivity contribution >= 4 is 21.6 Å². The second kappa shape index (κ2) is 6.19. The summed E-state index contributed by atoms with van der Waals surface area (Å²) in [5, 5.41) is 28.5. The molecule has 0 radical (unpaired) electrons. The molecule has 0 bridgehead atoms. The van der Waals surface area contributed by atoms with Gasteiger partial charge in [0.15, 0.2) is 0 Å². The standard InChI is InChI=1S/C12H13BrN4O4/c1-7(18)10-3-8(13)4-11(17(19)20)12(10)21-6-9-5-16(2)15-14-9/h3-5,7,18H,6H2,1-2H3/t7-/m1/s1. The molecule has 1 aromatic carbocycles. The van der Waals surface area contributed by atoms with Crippen LogP contribution >= 0.6 is 15.9 Å². The SMILES string of the molecule is C[C@@H](O)c1cc(Br)cc([N+](=O)[O-])c1OCc1cn(C)nn1. The van der Waals surface area contributed by atoms with Crippen molar-refractivity contribution in [3.8, 4) is 5.75 Å². The van der Waals surface area contributed by atoms with Gasteiger partial charge in [-0.1, -0.05) is 21.1 Å². The topological polar surface area (TPSA) is 103 Å². The molecule has 0 aliphatic heterocycles. The third-order valence-corrected chi connectivity index (χ3v) is 3.18. The number of hydrogen-bond acceptors (Lipinski definition) is 6. The van der Waals surface area contributed by atoms with Gasteiger partial charge in [-0.25, -0.2) is 0 Å². The monoisotopic (exact) mass is 356 g/mol. The lowest BCUT2D eigenvalue weighted by molar-refractivity contribution is -0.386. The molecular weight excluding hydrogens is 344 g/mol. The van der Waals surface area contributed by atoms with Crippen molar-refractivity contribution in [2.75, 3.05) is 0 Å². The molecule has 21 heavy (non-hydrogen) atoms. The van der Waals surface area contributed by atoms with Crippen LogP contribution < -0.4 is 4.74 Å². The van der Waals surface area contributed by atoms with E-state index in [0.29, 0.717) is 15.7 Å². The van der Waals surface area contributed by atoms with Crippen LogP contribution in [-0.2, 0) is 13.7 Å². The van der Waals surface area contributed by atoms with E-state index in [1.165, 1.54) is 17.7 Å². The van der Waals surface area contributed by atoms with E-state index in [-0.39, 0.29) is 18.0 Å². The Kier molecular flexibility index (Phi) is 4.53. The number of nitro benzene ring substituents is 1. The van der Waals surface area contributed by atoms with E-state index in [9.17, 15) is 15.2 Å². The smallest absolute Gasteiger partial charge is 0.312 e. The van der Waals surface area contributed by atoms with Gasteiger partial charge in [0.25, 0.3) is 0 Å². The fraction of sp³-hybridized carbons (Fsp3) is 0.333. The third-order valence-electron chi connectivity index (χ3n) is 2.72. The van der Waals surface area contributed by atoms with Crippen LogP contribution in [0, 0.1) is 10.1 Å². The number of aliphatic hydroxyl groups excluding tert-OH is 1. The summed E-state index contributed by atoms with van der Waals surface area (Å²) in [5.74, 6) is 0.0313. The molecule has 112 valence electrons. The number of aromatic nitrogens is 3. The van der Waals surface area contributed by atoms with Gasteiger partial charge in [-0.2, -0.15) is 0 Å². The number of hydrogen-bond donors (Lipinski definition) is 1. The highest BCUT2D eigenvalue weighted by atomic mass is 79.9. The van der Waals surface area contributed by atoms with Crippen LogP contribution in [0.15, 0.2) is 22.8 Å². The molecule has 0 amide bonds. The van der Waals surface area contributed by atoms with Crippen LogP contribution in [0.2, 0.25) is 0 Å². The van der Waals surface area contributed by atoms with Crippen molar-refractivity contribution in [2.45, 2.75) is 19.6 Å². The Hall–Kier alpha value is -2.00. The zero-order valence-electron chi connectivity index (χ0n) is 11.4. The number of halogens is 1. The van der Waals surface area contributed by atoms with Crippen LogP contribution in [0.3, 0.4) is 0 Å². The second-order valence-electron chi connectivity index (χ2n) is 4.45. The first kappa shape index (κ1) is 15.4. The van der Waals surface area contributed by atoms with Crippen LogP contribution in [0.4, 0.5) is 5.69 Å². The predicted molar refractivity (Wildman–Crippen MR) is 76.8 cm³/mol. The van der Waals surface area contributed by atoms with E-state index in [2.05, 4.69) is 26.2 Å². The van der Waals surface area contributed by atoms with Gasteiger partial charge in [0.1, 0.15) is 12.3 Å². The maximum atomic E-state index is 11.2.